The van der Waals surface area contributed by atoms with Crippen LogP contribution in [-0.4, -0.2) is 51.1 Å². The summed E-state index contributed by atoms with van der Waals surface area (Å²) in [5, 5.41) is 6.08. The number of hydrogen-bond donors (Lipinski definition) is 2. The van der Waals surface area contributed by atoms with Crippen molar-refractivity contribution in [1.82, 2.24) is 19.9 Å². The van der Waals surface area contributed by atoms with Gasteiger partial charge in [-0.1, -0.05) is 0 Å². The highest BCUT2D eigenvalue weighted by atomic mass is 32.1. The second kappa shape index (κ2) is 9.15. The molecule has 1 fully saturated rings. The van der Waals surface area contributed by atoms with Crippen LogP contribution in [0.2, 0.25) is 0 Å². The maximum Gasteiger partial charge on any atom is 0.259 e. The first-order chi connectivity index (χ1) is 14.8. The van der Waals surface area contributed by atoms with Crippen LogP contribution in [-0.2, 0) is 22.5 Å². The van der Waals surface area contributed by atoms with Crippen molar-refractivity contribution >= 4 is 43.9 Å². The first-order valence-corrected chi connectivity index (χ1v) is 12.1. The lowest BCUT2D eigenvalue weighted by Gasteiger charge is -2.34. The zero-order valence-corrected chi connectivity index (χ0v) is 19.8. The van der Waals surface area contributed by atoms with E-state index in [2.05, 4.69) is 39.0 Å². The molecule has 0 radical (unpaired) electrons. The van der Waals surface area contributed by atoms with Gasteiger partial charge in [0.15, 0.2) is 5.13 Å². The van der Waals surface area contributed by atoms with E-state index >= 15 is 0 Å². The van der Waals surface area contributed by atoms with E-state index < -0.39 is 0 Å². The van der Waals surface area contributed by atoms with Crippen LogP contribution in [0, 0.1) is 13.8 Å². The number of thiazole rings is 1. The molecule has 2 atom stereocenters. The maximum atomic E-state index is 12.4. The lowest BCUT2D eigenvalue weighted by atomic mass is 10.2. The summed E-state index contributed by atoms with van der Waals surface area (Å²) in [4.78, 5) is 40.8. The van der Waals surface area contributed by atoms with Gasteiger partial charge in [-0.2, -0.15) is 0 Å². The van der Waals surface area contributed by atoms with Gasteiger partial charge in [0, 0.05) is 42.7 Å². The summed E-state index contributed by atoms with van der Waals surface area (Å²) in [7, 11) is 0. The Balaban J connectivity index is 1.32. The van der Waals surface area contributed by atoms with Crippen molar-refractivity contribution in [2.75, 3.05) is 18.4 Å². The van der Waals surface area contributed by atoms with Crippen LogP contribution in [0.3, 0.4) is 0 Å². The monoisotopic (exact) mass is 461 g/mol. The number of thiophene rings is 1. The molecule has 3 aromatic heterocycles. The summed E-state index contributed by atoms with van der Waals surface area (Å²) in [6.45, 7) is 10.6. The molecule has 166 valence electrons. The van der Waals surface area contributed by atoms with Gasteiger partial charge in [0.2, 0.25) is 5.91 Å². The van der Waals surface area contributed by atoms with E-state index in [4.69, 9.17) is 4.74 Å². The Morgan fingerprint density at radius 2 is 2.03 bits per heavy atom. The Morgan fingerprint density at radius 3 is 2.77 bits per heavy atom. The van der Waals surface area contributed by atoms with Crippen LogP contribution in [0.5, 0.6) is 0 Å². The van der Waals surface area contributed by atoms with Crippen molar-refractivity contribution in [2.45, 2.75) is 59.3 Å². The van der Waals surface area contributed by atoms with E-state index in [1.807, 2.05) is 19.2 Å². The van der Waals surface area contributed by atoms with Crippen molar-refractivity contribution in [2.24, 2.45) is 0 Å². The van der Waals surface area contributed by atoms with E-state index in [1.165, 1.54) is 22.7 Å². The van der Waals surface area contributed by atoms with Crippen molar-refractivity contribution < 1.29 is 9.53 Å². The quantitative estimate of drug-likeness (QED) is 0.585. The van der Waals surface area contributed by atoms with Crippen LogP contribution in [0.25, 0.3) is 10.2 Å². The van der Waals surface area contributed by atoms with Gasteiger partial charge in [-0.05, 0) is 33.3 Å². The number of carbonyl (C=O) groups is 1. The van der Waals surface area contributed by atoms with E-state index in [1.54, 1.807) is 0 Å². The molecular weight excluding hydrogens is 434 g/mol. The molecule has 1 aliphatic heterocycles. The number of aromatic nitrogens is 3. The summed E-state index contributed by atoms with van der Waals surface area (Å²) >= 11 is 2.93. The van der Waals surface area contributed by atoms with E-state index in [-0.39, 0.29) is 30.1 Å². The van der Waals surface area contributed by atoms with Gasteiger partial charge in [-0.25, -0.2) is 9.97 Å². The van der Waals surface area contributed by atoms with Crippen LogP contribution in [0.15, 0.2) is 10.2 Å². The predicted octanol–water partition coefficient (Wildman–Crippen LogP) is 3.24. The minimum absolute atomic E-state index is 0.140. The highest BCUT2D eigenvalue weighted by Gasteiger charge is 2.23. The molecular formula is C21H27N5O3S2. The molecule has 0 aliphatic carbocycles. The lowest BCUT2D eigenvalue weighted by Crippen LogP contribution is -2.44. The Hall–Kier alpha value is -2.14. The molecule has 10 heteroatoms. The Morgan fingerprint density at radius 1 is 1.29 bits per heavy atom. The predicted molar refractivity (Wildman–Crippen MR) is 124 cm³/mol. The van der Waals surface area contributed by atoms with Gasteiger partial charge in [0.1, 0.15) is 10.7 Å². The number of aryl methyl sites for hydroxylation is 3. The number of fused-ring (bicyclic) bond motifs is 1. The van der Waals surface area contributed by atoms with E-state index in [0.717, 1.165) is 40.6 Å². The topological polar surface area (TPSA) is 100 Å². The molecule has 4 rings (SSSR count). The number of amides is 1. The van der Waals surface area contributed by atoms with Gasteiger partial charge in [0.25, 0.3) is 5.56 Å². The van der Waals surface area contributed by atoms with Crippen molar-refractivity contribution in [3.8, 4) is 0 Å². The number of carbonyl (C=O) groups excluding carboxylic acids is 1. The third-order valence-electron chi connectivity index (χ3n) is 5.36. The van der Waals surface area contributed by atoms with Crippen LogP contribution < -0.4 is 10.9 Å². The van der Waals surface area contributed by atoms with Gasteiger partial charge < -0.3 is 15.0 Å². The largest absolute Gasteiger partial charge is 0.373 e. The fourth-order valence-electron chi connectivity index (χ4n) is 3.91. The fourth-order valence-corrected chi connectivity index (χ4v) is 5.68. The number of anilines is 1. The second-order valence-corrected chi connectivity index (χ2v) is 10.2. The Bertz CT molecular complexity index is 1140. The maximum absolute atomic E-state index is 12.4. The average molecular weight is 462 g/mol. The average Bonchev–Trinajstić information content (AvgIpc) is 3.23. The summed E-state index contributed by atoms with van der Waals surface area (Å²) in [6, 6.07) is 0. The zero-order valence-electron chi connectivity index (χ0n) is 18.2. The number of nitrogens with zero attached hydrogens (tertiary/aromatic N) is 3. The smallest absolute Gasteiger partial charge is 0.259 e. The Kier molecular flexibility index (Phi) is 6.52. The zero-order chi connectivity index (χ0) is 22.1. The molecule has 3 aromatic rings. The van der Waals surface area contributed by atoms with Crippen LogP contribution in [0.1, 0.15) is 42.2 Å². The van der Waals surface area contributed by atoms with Crippen molar-refractivity contribution in [3.05, 3.63) is 37.7 Å². The van der Waals surface area contributed by atoms with Gasteiger partial charge in [-0.3, -0.25) is 14.5 Å². The number of rotatable bonds is 6. The highest BCUT2D eigenvalue weighted by Crippen LogP contribution is 2.26. The molecule has 1 aliphatic rings. The van der Waals surface area contributed by atoms with Crippen LogP contribution in [0.4, 0.5) is 5.13 Å². The summed E-state index contributed by atoms with van der Waals surface area (Å²) in [6.07, 6.45) is 1.02. The summed E-state index contributed by atoms with van der Waals surface area (Å²) < 4.78 is 5.77. The molecule has 4 heterocycles. The molecule has 31 heavy (non-hydrogen) atoms. The molecule has 2 N–H and O–H groups in total. The SMILES string of the molecule is Cc1sc2nc(CCC(=O)Nc3nc(CN4CC(C)OC(C)C4)cs3)[nH]c(=O)c2c1C. The standard InChI is InChI=1S/C21H27N5O3S2/c1-11-7-26(8-12(2)29-11)9-15-10-30-21(22-15)25-17(27)6-5-16-23-19(28)18-13(3)14(4)31-20(18)24-16/h10-12H,5-9H2,1-4H3,(H,22,25,27)(H,23,24,28). The lowest BCUT2D eigenvalue weighted by molar-refractivity contribution is -0.116. The number of aromatic amines is 1. The van der Waals surface area contributed by atoms with Crippen molar-refractivity contribution in [3.63, 3.8) is 0 Å². The van der Waals surface area contributed by atoms with Gasteiger partial charge in [-0.15, -0.1) is 22.7 Å². The summed E-state index contributed by atoms with van der Waals surface area (Å²) in [5.74, 6) is 0.389. The molecule has 8 nitrogen and oxygen atoms in total. The number of H-pyrrole nitrogens is 1. The normalized spacial score (nSPS) is 19.7. The molecule has 0 bridgehead atoms. The van der Waals surface area contributed by atoms with Crippen molar-refractivity contribution in [1.29, 1.82) is 0 Å². The van der Waals surface area contributed by atoms with Gasteiger partial charge in [0.05, 0.1) is 23.3 Å². The molecule has 1 saturated heterocycles. The highest BCUT2D eigenvalue weighted by molar-refractivity contribution is 7.18. The van der Waals surface area contributed by atoms with Gasteiger partial charge >= 0.3 is 0 Å². The number of ether oxygens (including phenoxy) is 1. The van der Waals surface area contributed by atoms with E-state index in [9.17, 15) is 9.59 Å². The number of morpholine rings is 1. The summed E-state index contributed by atoms with van der Waals surface area (Å²) in [5.41, 5.74) is 1.78. The number of hydrogen-bond acceptors (Lipinski definition) is 8. The second-order valence-electron chi connectivity index (χ2n) is 8.12. The molecule has 0 spiro atoms. The first-order valence-electron chi connectivity index (χ1n) is 10.4. The van der Waals surface area contributed by atoms with Crippen LogP contribution >= 0.6 is 22.7 Å². The minimum atomic E-state index is -0.143. The van der Waals surface area contributed by atoms with E-state index in [0.29, 0.717) is 22.8 Å². The molecule has 2 unspecified atom stereocenters. The fraction of sp³-hybridized carbons (Fsp3) is 0.524. The minimum Gasteiger partial charge on any atom is -0.373 e. The molecule has 0 saturated carbocycles. The third-order valence-corrected chi connectivity index (χ3v) is 7.26. The Labute approximate surface area is 188 Å². The molecule has 1 amide bonds. The number of nitrogens with one attached hydrogen (secondary N) is 2. The third kappa shape index (κ3) is 5.20. The first kappa shape index (κ1) is 22.1. The molecule has 0 aromatic carbocycles.